The predicted molar refractivity (Wildman–Crippen MR) is 83.9 cm³/mol. The molecule has 1 amide bonds. The van der Waals surface area contributed by atoms with E-state index in [0.29, 0.717) is 12.3 Å². The third-order valence-corrected chi connectivity index (χ3v) is 4.50. The average Bonchev–Trinajstić information content (AvgIpc) is 2.49. The van der Waals surface area contributed by atoms with Gasteiger partial charge in [0.05, 0.1) is 6.04 Å². The maximum atomic E-state index is 12.4. The molecule has 0 aromatic heterocycles. The molecule has 2 rings (SSSR count). The SMILES string of the molecule is CC(C)C1CCN(C(=O)C(N)Cc2ccc(O)cc2)CC1. The number of phenols is 1. The number of carbonyl (C=O) groups excluding carboxylic acids is 1. The molecule has 1 aromatic rings. The van der Waals surface area contributed by atoms with Gasteiger partial charge in [-0.25, -0.2) is 0 Å². The Kier molecular flexibility index (Phi) is 5.23. The van der Waals surface area contributed by atoms with Crippen LogP contribution in [0.3, 0.4) is 0 Å². The summed E-state index contributed by atoms with van der Waals surface area (Å²) in [6.07, 6.45) is 2.67. The third kappa shape index (κ3) is 4.21. The molecule has 1 unspecified atom stereocenters. The van der Waals surface area contributed by atoms with E-state index in [1.165, 1.54) is 0 Å². The summed E-state index contributed by atoms with van der Waals surface area (Å²) in [4.78, 5) is 14.3. The minimum Gasteiger partial charge on any atom is -0.508 e. The number of nitrogens with zero attached hydrogens (tertiary/aromatic N) is 1. The van der Waals surface area contributed by atoms with Crippen LogP contribution in [0.4, 0.5) is 0 Å². The first kappa shape index (κ1) is 15.8. The maximum absolute atomic E-state index is 12.4. The van der Waals surface area contributed by atoms with Crippen molar-refractivity contribution in [1.82, 2.24) is 4.90 Å². The number of carbonyl (C=O) groups is 1. The number of nitrogens with two attached hydrogens (primary N) is 1. The monoisotopic (exact) mass is 290 g/mol. The van der Waals surface area contributed by atoms with E-state index in [9.17, 15) is 9.90 Å². The first-order valence-electron chi connectivity index (χ1n) is 7.79. The number of phenolic OH excluding ortho intramolecular Hbond substituents is 1. The molecule has 1 fully saturated rings. The highest BCUT2D eigenvalue weighted by molar-refractivity contribution is 5.82. The van der Waals surface area contributed by atoms with Crippen molar-refractivity contribution in [3.63, 3.8) is 0 Å². The number of hydrogen-bond donors (Lipinski definition) is 2. The number of amides is 1. The summed E-state index contributed by atoms with van der Waals surface area (Å²) in [6.45, 7) is 6.15. The van der Waals surface area contributed by atoms with Crippen molar-refractivity contribution in [1.29, 1.82) is 0 Å². The van der Waals surface area contributed by atoms with Gasteiger partial charge < -0.3 is 15.7 Å². The van der Waals surface area contributed by atoms with Crippen LogP contribution in [0.2, 0.25) is 0 Å². The van der Waals surface area contributed by atoms with Crippen LogP contribution in [0.1, 0.15) is 32.3 Å². The zero-order valence-electron chi connectivity index (χ0n) is 13.0. The highest BCUT2D eigenvalue weighted by Gasteiger charge is 2.27. The Morgan fingerprint density at radius 2 is 1.86 bits per heavy atom. The smallest absolute Gasteiger partial charge is 0.239 e. The highest BCUT2D eigenvalue weighted by Crippen LogP contribution is 2.24. The average molecular weight is 290 g/mol. The van der Waals surface area contributed by atoms with Crippen molar-refractivity contribution in [2.75, 3.05) is 13.1 Å². The fourth-order valence-corrected chi connectivity index (χ4v) is 2.99. The van der Waals surface area contributed by atoms with Crippen LogP contribution < -0.4 is 5.73 Å². The molecule has 116 valence electrons. The van der Waals surface area contributed by atoms with Crippen molar-refractivity contribution in [2.24, 2.45) is 17.6 Å². The molecule has 0 aliphatic carbocycles. The Morgan fingerprint density at radius 3 is 2.38 bits per heavy atom. The zero-order chi connectivity index (χ0) is 15.4. The summed E-state index contributed by atoms with van der Waals surface area (Å²) in [5.74, 6) is 1.69. The summed E-state index contributed by atoms with van der Waals surface area (Å²) in [5.41, 5.74) is 7.04. The number of rotatable bonds is 4. The van der Waals surface area contributed by atoms with E-state index in [-0.39, 0.29) is 11.7 Å². The van der Waals surface area contributed by atoms with Crippen molar-refractivity contribution >= 4 is 5.91 Å². The number of aromatic hydroxyl groups is 1. The van der Waals surface area contributed by atoms with E-state index < -0.39 is 6.04 Å². The minimum absolute atomic E-state index is 0.0466. The molecule has 0 saturated carbocycles. The molecule has 0 bridgehead atoms. The van der Waals surface area contributed by atoms with E-state index >= 15 is 0 Å². The summed E-state index contributed by atoms with van der Waals surface area (Å²) in [6, 6.07) is 6.38. The molecule has 1 atom stereocenters. The van der Waals surface area contributed by atoms with Gasteiger partial charge in [-0.05, 0) is 48.8 Å². The van der Waals surface area contributed by atoms with Gasteiger partial charge in [-0.15, -0.1) is 0 Å². The second-order valence-corrected chi connectivity index (χ2v) is 6.38. The third-order valence-electron chi connectivity index (χ3n) is 4.50. The van der Waals surface area contributed by atoms with Crippen LogP contribution in [-0.4, -0.2) is 35.0 Å². The van der Waals surface area contributed by atoms with Crippen molar-refractivity contribution in [3.8, 4) is 5.75 Å². The van der Waals surface area contributed by atoms with Crippen molar-refractivity contribution < 1.29 is 9.90 Å². The second-order valence-electron chi connectivity index (χ2n) is 6.38. The molecule has 0 spiro atoms. The fraction of sp³-hybridized carbons (Fsp3) is 0.588. The molecule has 1 heterocycles. The van der Waals surface area contributed by atoms with Gasteiger partial charge >= 0.3 is 0 Å². The molecule has 4 heteroatoms. The van der Waals surface area contributed by atoms with E-state index in [0.717, 1.165) is 37.4 Å². The molecule has 1 aliphatic heterocycles. The molecule has 1 aromatic carbocycles. The van der Waals surface area contributed by atoms with E-state index in [2.05, 4.69) is 13.8 Å². The topological polar surface area (TPSA) is 66.6 Å². The minimum atomic E-state index is -0.495. The summed E-state index contributed by atoms with van der Waals surface area (Å²) < 4.78 is 0. The molecular weight excluding hydrogens is 264 g/mol. The first-order valence-corrected chi connectivity index (χ1v) is 7.79. The second kappa shape index (κ2) is 6.94. The lowest BCUT2D eigenvalue weighted by molar-refractivity contribution is -0.134. The van der Waals surface area contributed by atoms with E-state index in [1.807, 2.05) is 17.0 Å². The van der Waals surface area contributed by atoms with Crippen LogP contribution in [0, 0.1) is 11.8 Å². The quantitative estimate of drug-likeness (QED) is 0.893. The van der Waals surface area contributed by atoms with Crippen LogP contribution >= 0.6 is 0 Å². The van der Waals surface area contributed by atoms with Gasteiger partial charge in [0.1, 0.15) is 5.75 Å². The molecule has 1 saturated heterocycles. The number of benzene rings is 1. The number of piperidine rings is 1. The fourth-order valence-electron chi connectivity index (χ4n) is 2.99. The number of hydrogen-bond acceptors (Lipinski definition) is 3. The normalized spacial score (nSPS) is 18.0. The van der Waals surface area contributed by atoms with Gasteiger partial charge in [0.25, 0.3) is 0 Å². The lowest BCUT2D eigenvalue weighted by Gasteiger charge is -2.35. The molecule has 0 radical (unpaired) electrons. The van der Waals surface area contributed by atoms with Crippen LogP contribution in [0.5, 0.6) is 5.75 Å². The summed E-state index contributed by atoms with van der Waals surface area (Å²) >= 11 is 0. The maximum Gasteiger partial charge on any atom is 0.239 e. The van der Waals surface area contributed by atoms with Gasteiger partial charge in [0.15, 0.2) is 0 Å². The Balaban J connectivity index is 1.87. The van der Waals surface area contributed by atoms with Gasteiger partial charge in [-0.3, -0.25) is 4.79 Å². The lowest BCUT2D eigenvalue weighted by atomic mass is 9.86. The molecular formula is C17H26N2O2. The number of likely N-dealkylation sites (tertiary alicyclic amines) is 1. The zero-order valence-corrected chi connectivity index (χ0v) is 13.0. The highest BCUT2D eigenvalue weighted by atomic mass is 16.3. The van der Waals surface area contributed by atoms with Gasteiger partial charge in [0, 0.05) is 13.1 Å². The van der Waals surface area contributed by atoms with Gasteiger partial charge in [0.2, 0.25) is 5.91 Å². The summed E-state index contributed by atoms with van der Waals surface area (Å²) in [5, 5.41) is 9.27. The van der Waals surface area contributed by atoms with Crippen LogP contribution in [-0.2, 0) is 11.2 Å². The van der Waals surface area contributed by atoms with E-state index in [1.54, 1.807) is 12.1 Å². The van der Waals surface area contributed by atoms with Gasteiger partial charge in [-0.2, -0.15) is 0 Å². The standard InChI is InChI=1S/C17H26N2O2/c1-12(2)14-7-9-19(10-8-14)17(21)16(18)11-13-3-5-15(20)6-4-13/h3-6,12,14,16,20H,7-11,18H2,1-2H3. The van der Waals surface area contributed by atoms with Crippen LogP contribution in [0.15, 0.2) is 24.3 Å². The lowest BCUT2D eigenvalue weighted by Crippen LogP contribution is -2.48. The molecule has 3 N–H and O–H groups in total. The predicted octanol–water partition coefficient (Wildman–Crippen LogP) is 2.16. The van der Waals surface area contributed by atoms with Crippen molar-refractivity contribution in [2.45, 2.75) is 39.2 Å². The first-order chi connectivity index (χ1) is 9.97. The molecule has 21 heavy (non-hydrogen) atoms. The Labute approximate surface area is 126 Å². The van der Waals surface area contributed by atoms with Gasteiger partial charge in [-0.1, -0.05) is 26.0 Å². The molecule has 1 aliphatic rings. The van der Waals surface area contributed by atoms with Crippen LogP contribution in [0.25, 0.3) is 0 Å². The van der Waals surface area contributed by atoms with Crippen molar-refractivity contribution in [3.05, 3.63) is 29.8 Å². The van der Waals surface area contributed by atoms with E-state index in [4.69, 9.17) is 5.73 Å². The molecule has 4 nitrogen and oxygen atoms in total. The summed E-state index contributed by atoms with van der Waals surface area (Å²) in [7, 11) is 0. The Hall–Kier alpha value is -1.55. The Morgan fingerprint density at radius 1 is 1.29 bits per heavy atom. The largest absolute Gasteiger partial charge is 0.508 e. The Bertz CT molecular complexity index is 462.